The number of H-pyrrole nitrogens is 1. The van der Waals surface area contributed by atoms with Gasteiger partial charge in [-0.3, -0.25) is 0 Å². The molecule has 0 fully saturated rings. The van der Waals surface area contributed by atoms with E-state index in [1.807, 2.05) is 24.3 Å². The Kier molecular flexibility index (Phi) is 5.73. The number of hydrogen-bond acceptors (Lipinski definition) is 2. The summed E-state index contributed by atoms with van der Waals surface area (Å²) in [6, 6.07) is 27.1. The van der Waals surface area contributed by atoms with Gasteiger partial charge in [-0.2, -0.15) is 5.26 Å². The summed E-state index contributed by atoms with van der Waals surface area (Å²) in [5.74, 6) is 1.74. The van der Waals surface area contributed by atoms with E-state index in [9.17, 15) is 5.26 Å². The van der Waals surface area contributed by atoms with Crippen molar-refractivity contribution in [2.75, 3.05) is 0 Å². The molecule has 154 valence electrons. The number of benzene rings is 3. The third-order valence-corrected chi connectivity index (χ3v) is 5.69. The fourth-order valence-electron chi connectivity index (χ4n) is 3.72. The summed E-state index contributed by atoms with van der Waals surface area (Å²) in [4.78, 5) is 8.50. The van der Waals surface area contributed by atoms with Crippen LogP contribution in [0.15, 0.2) is 72.8 Å². The molecule has 3 nitrogen and oxygen atoms in total. The Hall–Kier alpha value is -3.64. The number of nitrogens with one attached hydrogen (secondary N) is 1. The number of nitrogens with zero attached hydrogens (tertiary/aromatic N) is 2. The van der Waals surface area contributed by atoms with E-state index < -0.39 is 0 Å². The Balaban J connectivity index is 1.85. The van der Waals surface area contributed by atoms with E-state index in [1.165, 1.54) is 11.1 Å². The van der Waals surface area contributed by atoms with Crippen LogP contribution in [0.1, 0.15) is 56.2 Å². The molecule has 4 rings (SSSR count). The Bertz CT molecular complexity index is 1150. The van der Waals surface area contributed by atoms with E-state index in [2.05, 4.69) is 87.3 Å². The lowest BCUT2D eigenvalue weighted by Crippen LogP contribution is -1.89. The third-order valence-electron chi connectivity index (χ3n) is 5.69. The highest BCUT2D eigenvalue weighted by Crippen LogP contribution is 2.34. The van der Waals surface area contributed by atoms with Crippen molar-refractivity contribution in [2.45, 2.75) is 39.5 Å². The number of nitriles is 1. The smallest absolute Gasteiger partial charge is 0.138 e. The van der Waals surface area contributed by atoms with Crippen LogP contribution in [0, 0.1) is 11.3 Å². The maximum atomic E-state index is 9.29. The minimum atomic E-state index is 0.487. The molecule has 0 saturated heterocycles. The van der Waals surface area contributed by atoms with Crippen molar-refractivity contribution in [1.29, 1.82) is 5.26 Å². The third kappa shape index (κ3) is 4.29. The van der Waals surface area contributed by atoms with E-state index >= 15 is 0 Å². The Morgan fingerprint density at radius 2 is 1.32 bits per heavy atom. The first-order valence-corrected chi connectivity index (χ1v) is 10.8. The fraction of sp³-hybridized carbons (Fsp3) is 0.214. The number of rotatable bonds is 5. The Morgan fingerprint density at radius 3 is 1.87 bits per heavy atom. The van der Waals surface area contributed by atoms with Gasteiger partial charge in [0, 0.05) is 16.7 Å². The molecule has 0 amide bonds. The van der Waals surface area contributed by atoms with Gasteiger partial charge in [0.05, 0.1) is 23.0 Å². The van der Waals surface area contributed by atoms with Gasteiger partial charge in [-0.05, 0) is 35.1 Å². The van der Waals surface area contributed by atoms with Crippen molar-refractivity contribution < 1.29 is 0 Å². The minimum absolute atomic E-state index is 0.487. The van der Waals surface area contributed by atoms with Crippen LogP contribution in [0.2, 0.25) is 0 Å². The van der Waals surface area contributed by atoms with E-state index in [4.69, 9.17) is 4.98 Å². The van der Waals surface area contributed by atoms with Crippen LogP contribution in [0.3, 0.4) is 0 Å². The average molecular weight is 406 g/mol. The second-order valence-electron chi connectivity index (χ2n) is 8.56. The Morgan fingerprint density at radius 1 is 0.742 bits per heavy atom. The lowest BCUT2D eigenvalue weighted by atomic mass is 9.97. The first kappa shape index (κ1) is 20.6. The van der Waals surface area contributed by atoms with E-state index in [-0.39, 0.29) is 0 Å². The van der Waals surface area contributed by atoms with Crippen LogP contribution in [0.4, 0.5) is 0 Å². The second-order valence-corrected chi connectivity index (χ2v) is 8.56. The van der Waals surface area contributed by atoms with Gasteiger partial charge in [-0.1, -0.05) is 88.4 Å². The van der Waals surface area contributed by atoms with Crippen molar-refractivity contribution in [2.24, 2.45) is 0 Å². The molecular weight excluding hydrogens is 378 g/mol. The summed E-state index contributed by atoms with van der Waals surface area (Å²) >= 11 is 0. The highest BCUT2D eigenvalue weighted by atomic mass is 14.9. The molecule has 0 saturated carbocycles. The molecule has 1 aromatic heterocycles. The van der Waals surface area contributed by atoms with Gasteiger partial charge in [0.15, 0.2) is 0 Å². The predicted molar refractivity (Wildman–Crippen MR) is 128 cm³/mol. The molecule has 3 aromatic carbocycles. The number of imidazole rings is 1. The van der Waals surface area contributed by atoms with Crippen molar-refractivity contribution in [3.8, 4) is 40.0 Å². The van der Waals surface area contributed by atoms with Gasteiger partial charge >= 0.3 is 0 Å². The zero-order chi connectivity index (χ0) is 22.0. The van der Waals surface area contributed by atoms with E-state index in [1.54, 1.807) is 0 Å². The van der Waals surface area contributed by atoms with Gasteiger partial charge < -0.3 is 4.98 Å². The van der Waals surface area contributed by atoms with Crippen LogP contribution < -0.4 is 0 Å². The predicted octanol–water partition coefficient (Wildman–Crippen LogP) is 7.53. The monoisotopic (exact) mass is 405 g/mol. The molecule has 0 radical (unpaired) electrons. The van der Waals surface area contributed by atoms with Crippen LogP contribution in [0.25, 0.3) is 33.9 Å². The first-order valence-electron chi connectivity index (χ1n) is 10.8. The minimum Gasteiger partial charge on any atom is -0.337 e. The topological polar surface area (TPSA) is 52.5 Å². The molecule has 0 atom stereocenters. The zero-order valence-electron chi connectivity index (χ0n) is 18.5. The molecule has 0 aliphatic carbocycles. The number of aromatic nitrogens is 2. The van der Waals surface area contributed by atoms with Crippen LogP contribution in [0.5, 0.6) is 0 Å². The molecule has 1 N–H and O–H groups in total. The average Bonchev–Trinajstić information content (AvgIpc) is 3.25. The Labute approximate surface area is 184 Å². The molecule has 0 spiro atoms. The van der Waals surface area contributed by atoms with Crippen molar-refractivity contribution in [3.05, 3.63) is 89.5 Å². The quantitative estimate of drug-likeness (QED) is 0.373. The maximum absolute atomic E-state index is 9.29. The van der Waals surface area contributed by atoms with Gasteiger partial charge in [-0.15, -0.1) is 0 Å². The summed E-state index contributed by atoms with van der Waals surface area (Å²) in [5.41, 5.74) is 8.24. The zero-order valence-corrected chi connectivity index (χ0v) is 18.5. The molecule has 4 aromatic rings. The molecule has 0 aliphatic rings. The van der Waals surface area contributed by atoms with Gasteiger partial charge in [0.25, 0.3) is 0 Å². The molecule has 0 unspecified atom stereocenters. The molecule has 0 bridgehead atoms. The standard InChI is InChI=1S/C28H27N3/c1-18(2)21-8-12-23(13-9-21)26-27(24-14-10-22(11-15-24)19(3)4)31-28(30-26)25-7-5-6-20(16-25)17-29/h5-16,18-19H,1-4H3,(H,30,31). The van der Waals surface area contributed by atoms with Gasteiger partial charge in [0.2, 0.25) is 0 Å². The highest BCUT2D eigenvalue weighted by molar-refractivity contribution is 5.81. The van der Waals surface area contributed by atoms with Gasteiger partial charge in [-0.25, -0.2) is 4.98 Å². The summed E-state index contributed by atoms with van der Waals surface area (Å²) in [6.45, 7) is 8.80. The summed E-state index contributed by atoms with van der Waals surface area (Å²) in [5, 5.41) is 9.29. The lowest BCUT2D eigenvalue weighted by Gasteiger charge is -2.09. The summed E-state index contributed by atoms with van der Waals surface area (Å²) < 4.78 is 0. The molecule has 1 heterocycles. The number of aromatic amines is 1. The molecule has 0 aliphatic heterocycles. The van der Waals surface area contributed by atoms with Crippen LogP contribution >= 0.6 is 0 Å². The van der Waals surface area contributed by atoms with Crippen molar-refractivity contribution in [3.63, 3.8) is 0 Å². The summed E-state index contributed by atoms with van der Waals surface area (Å²) in [7, 11) is 0. The first-order chi connectivity index (χ1) is 15.0. The second kappa shape index (κ2) is 8.62. The SMILES string of the molecule is CC(C)c1ccc(-c2nc(-c3cccc(C#N)c3)[nH]c2-c2ccc(C(C)C)cc2)cc1. The van der Waals surface area contributed by atoms with E-state index in [0.717, 1.165) is 33.9 Å². The molecular formula is C28H27N3. The van der Waals surface area contributed by atoms with Crippen LogP contribution in [-0.2, 0) is 0 Å². The highest BCUT2D eigenvalue weighted by Gasteiger charge is 2.16. The van der Waals surface area contributed by atoms with E-state index in [0.29, 0.717) is 17.4 Å². The molecule has 3 heteroatoms. The van der Waals surface area contributed by atoms with Gasteiger partial charge in [0.1, 0.15) is 5.82 Å². The summed E-state index contributed by atoms with van der Waals surface area (Å²) in [6.07, 6.45) is 0. The lowest BCUT2D eigenvalue weighted by molar-refractivity contribution is 0.867. The van der Waals surface area contributed by atoms with Crippen molar-refractivity contribution >= 4 is 0 Å². The number of hydrogen-bond donors (Lipinski definition) is 1. The normalized spacial score (nSPS) is 11.1. The largest absolute Gasteiger partial charge is 0.337 e. The fourth-order valence-corrected chi connectivity index (χ4v) is 3.72. The molecule has 31 heavy (non-hydrogen) atoms. The van der Waals surface area contributed by atoms with Crippen molar-refractivity contribution in [1.82, 2.24) is 9.97 Å². The van der Waals surface area contributed by atoms with Crippen LogP contribution in [-0.4, -0.2) is 9.97 Å². The maximum Gasteiger partial charge on any atom is 0.138 e.